The lowest BCUT2D eigenvalue weighted by molar-refractivity contribution is 0.0526. The van der Waals surface area contributed by atoms with Crippen molar-refractivity contribution in [2.24, 2.45) is 0 Å². The molecule has 6 heteroatoms. The van der Waals surface area contributed by atoms with Crippen LogP contribution in [0.25, 0.3) is 21.3 Å². The Labute approximate surface area is 178 Å². The van der Waals surface area contributed by atoms with Gasteiger partial charge in [-0.15, -0.1) is 23.1 Å². The van der Waals surface area contributed by atoms with Gasteiger partial charge in [-0.1, -0.05) is 42.5 Å². The molecule has 0 aliphatic heterocycles. The van der Waals surface area contributed by atoms with Gasteiger partial charge in [0.1, 0.15) is 16.2 Å². The Morgan fingerprint density at radius 3 is 2.72 bits per heavy atom. The summed E-state index contributed by atoms with van der Waals surface area (Å²) < 4.78 is 5.11. The maximum Gasteiger partial charge on any atom is 0.338 e. The number of hydrogen-bond acceptors (Lipinski definition) is 6. The maximum absolute atomic E-state index is 12.0. The molecule has 0 bridgehead atoms. The molecule has 2 aromatic carbocycles. The summed E-state index contributed by atoms with van der Waals surface area (Å²) in [5.74, 6) is 0.422. The van der Waals surface area contributed by atoms with Gasteiger partial charge in [-0.3, -0.25) is 0 Å². The minimum Gasteiger partial charge on any atom is -0.462 e. The third-order valence-electron chi connectivity index (χ3n) is 4.51. The van der Waals surface area contributed by atoms with E-state index in [1.807, 2.05) is 31.2 Å². The molecule has 4 rings (SSSR count). The minimum atomic E-state index is -0.288. The molecule has 0 fully saturated rings. The van der Waals surface area contributed by atoms with Crippen LogP contribution in [-0.2, 0) is 10.5 Å². The molecule has 0 N–H and O–H groups in total. The number of thiophene rings is 1. The number of esters is 1. The Balaban J connectivity index is 1.66. The molecule has 0 unspecified atom stereocenters. The summed E-state index contributed by atoms with van der Waals surface area (Å²) >= 11 is 3.36. The fraction of sp³-hybridized carbons (Fsp3) is 0.174. The van der Waals surface area contributed by atoms with Crippen molar-refractivity contribution >= 4 is 39.3 Å². The summed E-state index contributed by atoms with van der Waals surface area (Å²) in [5, 5.41) is 2.06. The van der Waals surface area contributed by atoms with E-state index in [0.29, 0.717) is 17.9 Å². The average Bonchev–Trinajstić information content (AvgIpc) is 3.09. The summed E-state index contributed by atoms with van der Waals surface area (Å²) in [6.07, 6.45) is 1.63. The highest BCUT2D eigenvalue weighted by atomic mass is 32.2. The molecule has 4 nitrogen and oxygen atoms in total. The molecule has 4 aromatic rings. The van der Waals surface area contributed by atoms with E-state index in [1.165, 1.54) is 16.0 Å². The Bertz CT molecular complexity index is 1160. The van der Waals surface area contributed by atoms with Crippen LogP contribution < -0.4 is 0 Å². The number of carbonyl (C=O) groups excluding carboxylic acids is 1. The van der Waals surface area contributed by atoms with Crippen LogP contribution >= 0.6 is 23.1 Å². The van der Waals surface area contributed by atoms with E-state index in [1.54, 1.807) is 35.5 Å². The summed E-state index contributed by atoms with van der Waals surface area (Å²) in [7, 11) is 0. The minimum absolute atomic E-state index is 0.288. The molecule has 2 aromatic heterocycles. The van der Waals surface area contributed by atoms with Gasteiger partial charge in [0.25, 0.3) is 0 Å². The first-order valence-corrected chi connectivity index (χ1v) is 11.2. The van der Waals surface area contributed by atoms with Crippen LogP contribution in [0.4, 0.5) is 0 Å². The van der Waals surface area contributed by atoms with E-state index in [-0.39, 0.29) is 5.97 Å². The standard InChI is InChI=1S/C23H20N2O2S2/c1-3-27-23(26)18-11-7-8-16(12-18)13-28-21-20-19(17-9-5-4-6-10-17)15(2)29-22(20)25-14-24-21/h4-12,14H,3,13H2,1-2H3. The Morgan fingerprint density at radius 1 is 1.10 bits per heavy atom. The summed E-state index contributed by atoms with van der Waals surface area (Å²) in [6, 6.07) is 18.0. The SMILES string of the molecule is CCOC(=O)c1cccc(CSc2ncnc3sc(C)c(-c4ccccc4)c23)c1. The molecule has 0 saturated carbocycles. The van der Waals surface area contributed by atoms with Gasteiger partial charge in [-0.2, -0.15) is 0 Å². The maximum atomic E-state index is 12.0. The van der Waals surface area contributed by atoms with Gasteiger partial charge >= 0.3 is 5.97 Å². The van der Waals surface area contributed by atoms with Crippen molar-refractivity contribution in [1.29, 1.82) is 0 Å². The number of benzene rings is 2. The van der Waals surface area contributed by atoms with Crippen LogP contribution in [0.1, 0.15) is 27.7 Å². The Kier molecular flexibility index (Phi) is 5.92. The van der Waals surface area contributed by atoms with E-state index in [2.05, 4.69) is 41.2 Å². The lowest BCUT2D eigenvalue weighted by atomic mass is 10.0. The molecule has 146 valence electrons. The highest BCUT2D eigenvalue weighted by Gasteiger charge is 2.17. The number of hydrogen-bond donors (Lipinski definition) is 0. The quantitative estimate of drug-likeness (QED) is 0.213. The number of ether oxygens (including phenoxy) is 1. The molecule has 0 atom stereocenters. The van der Waals surface area contributed by atoms with Crippen molar-refractivity contribution in [1.82, 2.24) is 9.97 Å². The van der Waals surface area contributed by atoms with Gasteiger partial charge in [-0.25, -0.2) is 14.8 Å². The summed E-state index contributed by atoms with van der Waals surface area (Å²) in [4.78, 5) is 23.3. The average molecular weight is 421 g/mol. The zero-order valence-corrected chi connectivity index (χ0v) is 17.8. The second kappa shape index (κ2) is 8.76. The van der Waals surface area contributed by atoms with Crippen molar-refractivity contribution < 1.29 is 9.53 Å². The van der Waals surface area contributed by atoms with Crippen molar-refractivity contribution in [3.05, 3.63) is 76.9 Å². The van der Waals surface area contributed by atoms with Gasteiger partial charge in [0.05, 0.1) is 17.6 Å². The van der Waals surface area contributed by atoms with E-state index < -0.39 is 0 Å². The van der Waals surface area contributed by atoms with Gasteiger partial charge < -0.3 is 4.74 Å². The molecule has 0 amide bonds. The Hall–Kier alpha value is -2.70. The number of thioether (sulfide) groups is 1. The number of fused-ring (bicyclic) bond motifs is 1. The molecule has 29 heavy (non-hydrogen) atoms. The number of aromatic nitrogens is 2. The van der Waals surface area contributed by atoms with Crippen LogP contribution in [0.2, 0.25) is 0 Å². The number of rotatable bonds is 6. The highest BCUT2D eigenvalue weighted by molar-refractivity contribution is 7.98. The first-order valence-electron chi connectivity index (χ1n) is 9.35. The number of carbonyl (C=O) groups is 1. The molecular weight excluding hydrogens is 400 g/mol. The van der Waals surface area contributed by atoms with Gasteiger partial charge in [0, 0.05) is 16.2 Å². The zero-order valence-electron chi connectivity index (χ0n) is 16.2. The van der Waals surface area contributed by atoms with Crippen LogP contribution in [0, 0.1) is 6.92 Å². The Morgan fingerprint density at radius 2 is 1.93 bits per heavy atom. The summed E-state index contributed by atoms with van der Waals surface area (Å²) in [5.41, 5.74) is 4.01. The van der Waals surface area contributed by atoms with E-state index >= 15 is 0 Å². The van der Waals surface area contributed by atoms with Crippen molar-refractivity contribution in [2.75, 3.05) is 6.61 Å². The van der Waals surface area contributed by atoms with Crippen LogP contribution in [0.15, 0.2) is 66.0 Å². The lowest BCUT2D eigenvalue weighted by Gasteiger charge is -2.07. The number of nitrogens with zero attached hydrogens (tertiary/aromatic N) is 2. The lowest BCUT2D eigenvalue weighted by Crippen LogP contribution is -2.04. The second-order valence-electron chi connectivity index (χ2n) is 6.47. The summed E-state index contributed by atoms with van der Waals surface area (Å²) in [6.45, 7) is 4.31. The van der Waals surface area contributed by atoms with Crippen LogP contribution in [-0.4, -0.2) is 22.5 Å². The second-order valence-corrected chi connectivity index (χ2v) is 8.64. The predicted octanol–water partition coefficient (Wildman–Crippen LogP) is 6.14. The molecule has 0 spiro atoms. The number of aryl methyl sites for hydroxylation is 1. The fourth-order valence-electron chi connectivity index (χ4n) is 3.23. The molecule has 0 aliphatic carbocycles. The molecule has 0 radical (unpaired) electrons. The molecule has 0 aliphatic rings. The van der Waals surface area contributed by atoms with Gasteiger partial charge in [0.2, 0.25) is 0 Å². The van der Waals surface area contributed by atoms with Crippen LogP contribution in [0.5, 0.6) is 0 Å². The third-order valence-corrected chi connectivity index (χ3v) is 6.58. The predicted molar refractivity (Wildman–Crippen MR) is 120 cm³/mol. The normalized spacial score (nSPS) is 11.0. The van der Waals surface area contributed by atoms with E-state index in [4.69, 9.17) is 4.74 Å². The van der Waals surface area contributed by atoms with E-state index in [9.17, 15) is 4.79 Å². The molecule has 0 saturated heterocycles. The smallest absolute Gasteiger partial charge is 0.338 e. The van der Waals surface area contributed by atoms with E-state index in [0.717, 1.165) is 20.8 Å². The molecular formula is C23H20N2O2S2. The first kappa shape index (κ1) is 19.6. The highest BCUT2D eigenvalue weighted by Crippen LogP contribution is 2.41. The largest absolute Gasteiger partial charge is 0.462 e. The fourth-order valence-corrected chi connectivity index (χ4v) is 5.26. The van der Waals surface area contributed by atoms with Gasteiger partial charge in [-0.05, 0) is 37.1 Å². The van der Waals surface area contributed by atoms with Crippen LogP contribution in [0.3, 0.4) is 0 Å². The first-order chi connectivity index (χ1) is 14.2. The van der Waals surface area contributed by atoms with Gasteiger partial charge in [0.15, 0.2) is 0 Å². The zero-order chi connectivity index (χ0) is 20.2. The van der Waals surface area contributed by atoms with Crippen molar-refractivity contribution in [3.8, 4) is 11.1 Å². The topological polar surface area (TPSA) is 52.1 Å². The third kappa shape index (κ3) is 4.18. The van der Waals surface area contributed by atoms with Crippen molar-refractivity contribution in [3.63, 3.8) is 0 Å². The molecule has 2 heterocycles. The monoisotopic (exact) mass is 420 g/mol. The van der Waals surface area contributed by atoms with Crippen molar-refractivity contribution in [2.45, 2.75) is 24.6 Å².